The van der Waals surface area contributed by atoms with E-state index in [-0.39, 0.29) is 0 Å². The van der Waals surface area contributed by atoms with Crippen LogP contribution < -0.4 is 4.72 Å². The highest BCUT2D eigenvalue weighted by Crippen LogP contribution is 2.12. The van der Waals surface area contributed by atoms with Gasteiger partial charge in [0.1, 0.15) is 0 Å². The van der Waals surface area contributed by atoms with Gasteiger partial charge in [-0.25, -0.2) is 9.71 Å². The number of aromatic amines is 1. The van der Waals surface area contributed by atoms with Crippen molar-refractivity contribution >= 4 is 21.2 Å². The van der Waals surface area contributed by atoms with Crippen molar-refractivity contribution in [1.29, 1.82) is 0 Å². The third kappa shape index (κ3) is 2.38. The van der Waals surface area contributed by atoms with Crippen LogP contribution in [0, 0.1) is 0 Å². The molecule has 0 unspecified atom stereocenters. The number of rotatable bonds is 5. The summed E-state index contributed by atoms with van der Waals surface area (Å²) in [5, 5.41) is 0. The fourth-order valence-corrected chi connectivity index (χ4v) is 2.94. The molecular weight excluding hydrogens is 252 g/mol. The molecule has 96 valence electrons. The number of aromatic nitrogens is 2. The topological polar surface area (TPSA) is 77.9 Å². The van der Waals surface area contributed by atoms with Crippen molar-refractivity contribution in [3.63, 3.8) is 0 Å². The van der Waals surface area contributed by atoms with Crippen LogP contribution in [0.25, 0.3) is 11.0 Å². The van der Waals surface area contributed by atoms with E-state index in [0.29, 0.717) is 26.1 Å². The second-order valence-corrected chi connectivity index (χ2v) is 6.06. The Labute approximate surface area is 105 Å². The number of hydrogen-bond acceptors (Lipinski definition) is 3. The van der Waals surface area contributed by atoms with Gasteiger partial charge in [0.05, 0.1) is 17.4 Å². The van der Waals surface area contributed by atoms with E-state index in [1.54, 1.807) is 6.33 Å². The fourth-order valence-electron chi connectivity index (χ4n) is 1.84. The summed E-state index contributed by atoms with van der Waals surface area (Å²) in [5.41, 5.74) is 2.98. The lowest BCUT2D eigenvalue weighted by molar-refractivity contribution is 0.547. The van der Waals surface area contributed by atoms with Gasteiger partial charge in [0.2, 0.25) is 0 Å². The van der Waals surface area contributed by atoms with E-state index in [4.69, 9.17) is 0 Å². The smallest absolute Gasteiger partial charge is 0.279 e. The van der Waals surface area contributed by atoms with Gasteiger partial charge < -0.3 is 4.98 Å². The summed E-state index contributed by atoms with van der Waals surface area (Å²) in [6.07, 6.45) is 2.32. The molecule has 0 bridgehead atoms. The molecule has 1 aromatic carbocycles. The van der Waals surface area contributed by atoms with Crippen LogP contribution in [0.1, 0.15) is 5.56 Å². The summed E-state index contributed by atoms with van der Waals surface area (Å²) in [4.78, 5) is 7.17. The van der Waals surface area contributed by atoms with Crippen molar-refractivity contribution in [1.82, 2.24) is 19.0 Å². The Morgan fingerprint density at radius 3 is 3.00 bits per heavy atom. The van der Waals surface area contributed by atoms with E-state index in [1.165, 1.54) is 4.31 Å². The highest BCUT2D eigenvalue weighted by atomic mass is 32.2. The second-order valence-electron chi connectivity index (χ2n) is 4.30. The van der Waals surface area contributed by atoms with Gasteiger partial charge in [-0.1, -0.05) is 6.07 Å². The molecule has 7 heteroatoms. The average molecular weight is 266 g/mol. The minimum Gasteiger partial charge on any atom is -0.345 e. The van der Waals surface area contributed by atoms with Gasteiger partial charge in [-0.2, -0.15) is 12.7 Å². The molecule has 0 spiro atoms. The summed E-state index contributed by atoms with van der Waals surface area (Å²) < 4.78 is 27.1. The molecule has 6 nitrogen and oxygen atoms in total. The quantitative estimate of drug-likeness (QED) is 0.762. The van der Waals surface area contributed by atoms with Crippen LogP contribution in [0.3, 0.4) is 0 Å². The molecule has 18 heavy (non-hydrogen) atoms. The number of benzene rings is 1. The van der Waals surface area contributed by atoms with E-state index in [2.05, 4.69) is 14.7 Å². The SMILES string of the molecule is O=S(=O)(NCCc1ccc2nc[nH]c2c1)N1CC1. The van der Waals surface area contributed by atoms with Crippen LogP contribution in [-0.2, 0) is 16.6 Å². The zero-order chi connectivity index (χ0) is 12.6. The molecule has 1 saturated heterocycles. The molecule has 0 radical (unpaired) electrons. The Morgan fingerprint density at radius 2 is 2.22 bits per heavy atom. The molecule has 1 fully saturated rings. The van der Waals surface area contributed by atoms with Crippen molar-refractivity contribution in [2.75, 3.05) is 19.6 Å². The highest BCUT2D eigenvalue weighted by molar-refractivity contribution is 7.87. The zero-order valence-electron chi connectivity index (χ0n) is 9.76. The molecule has 0 atom stereocenters. The first kappa shape index (κ1) is 11.6. The molecular formula is C11H14N4O2S. The third-order valence-corrected chi connectivity index (χ3v) is 4.54. The molecule has 2 N–H and O–H groups in total. The lowest BCUT2D eigenvalue weighted by Gasteiger charge is -2.06. The first-order valence-electron chi connectivity index (χ1n) is 5.82. The molecule has 3 rings (SSSR count). The maximum absolute atomic E-state index is 11.6. The van der Waals surface area contributed by atoms with Crippen molar-refractivity contribution in [2.45, 2.75) is 6.42 Å². The minimum absolute atomic E-state index is 0.415. The number of hydrogen-bond donors (Lipinski definition) is 2. The van der Waals surface area contributed by atoms with Crippen LogP contribution >= 0.6 is 0 Å². The van der Waals surface area contributed by atoms with Crippen LogP contribution in [0.4, 0.5) is 0 Å². The molecule has 0 aliphatic carbocycles. The highest BCUT2D eigenvalue weighted by Gasteiger charge is 2.30. The lowest BCUT2D eigenvalue weighted by Crippen LogP contribution is -2.31. The minimum atomic E-state index is -3.23. The van der Waals surface area contributed by atoms with Crippen LogP contribution in [0.2, 0.25) is 0 Å². The summed E-state index contributed by atoms with van der Waals surface area (Å²) in [5.74, 6) is 0. The molecule has 1 aromatic heterocycles. The summed E-state index contributed by atoms with van der Waals surface area (Å²) in [6, 6.07) is 5.89. The number of H-pyrrole nitrogens is 1. The molecule has 0 saturated carbocycles. The number of nitrogens with one attached hydrogen (secondary N) is 2. The van der Waals surface area contributed by atoms with Gasteiger partial charge in [-0.3, -0.25) is 0 Å². The van der Waals surface area contributed by atoms with E-state index in [1.807, 2.05) is 18.2 Å². The maximum atomic E-state index is 11.6. The Kier molecular flexibility index (Phi) is 2.81. The lowest BCUT2D eigenvalue weighted by atomic mass is 10.1. The molecule has 2 aromatic rings. The Balaban J connectivity index is 1.62. The van der Waals surface area contributed by atoms with Crippen LogP contribution in [-0.4, -0.2) is 42.3 Å². The van der Waals surface area contributed by atoms with Crippen molar-refractivity contribution in [2.24, 2.45) is 0 Å². The van der Waals surface area contributed by atoms with Crippen molar-refractivity contribution < 1.29 is 8.42 Å². The standard InChI is InChI=1S/C11H14N4O2S/c16-18(17,15-5-6-15)14-4-3-9-1-2-10-11(7-9)13-8-12-10/h1-2,7-8,14H,3-6H2,(H,12,13). The first-order chi connectivity index (χ1) is 8.65. The number of imidazole rings is 1. The van der Waals surface area contributed by atoms with Crippen molar-refractivity contribution in [3.05, 3.63) is 30.1 Å². The van der Waals surface area contributed by atoms with E-state index in [9.17, 15) is 8.42 Å². The van der Waals surface area contributed by atoms with Gasteiger partial charge in [-0.05, 0) is 24.1 Å². The second kappa shape index (κ2) is 4.34. The average Bonchev–Trinajstić information content (AvgIpc) is 3.09. The molecule has 0 amide bonds. The fraction of sp³-hybridized carbons (Fsp3) is 0.364. The molecule has 1 aliphatic rings. The first-order valence-corrected chi connectivity index (χ1v) is 7.26. The van der Waals surface area contributed by atoms with Crippen LogP contribution in [0.5, 0.6) is 0 Å². The summed E-state index contributed by atoms with van der Waals surface area (Å²) in [7, 11) is -3.23. The Hall–Kier alpha value is -1.44. The predicted octanol–water partition coefficient (Wildman–Crippen LogP) is 0.255. The number of nitrogens with zero attached hydrogens (tertiary/aromatic N) is 2. The van der Waals surface area contributed by atoms with Gasteiger partial charge in [0.15, 0.2) is 0 Å². The third-order valence-electron chi connectivity index (χ3n) is 2.93. The Morgan fingerprint density at radius 1 is 1.39 bits per heavy atom. The van der Waals surface area contributed by atoms with Gasteiger partial charge >= 0.3 is 0 Å². The predicted molar refractivity (Wildman–Crippen MR) is 68.3 cm³/mol. The Bertz CT molecular complexity index is 660. The van der Waals surface area contributed by atoms with Crippen LogP contribution in [0.15, 0.2) is 24.5 Å². The van der Waals surface area contributed by atoms with E-state index in [0.717, 1.165) is 16.6 Å². The largest absolute Gasteiger partial charge is 0.345 e. The summed E-state index contributed by atoms with van der Waals surface area (Å²) >= 11 is 0. The maximum Gasteiger partial charge on any atom is 0.279 e. The van der Waals surface area contributed by atoms with Gasteiger partial charge in [0.25, 0.3) is 10.2 Å². The van der Waals surface area contributed by atoms with Gasteiger partial charge in [-0.15, -0.1) is 0 Å². The molecule has 1 aliphatic heterocycles. The van der Waals surface area contributed by atoms with E-state index < -0.39 is 10.2 Å². The molecule has 2 heterocycles. The van der Waals surface area contributed by atoms with Gasteiger partial charge in [0, 0.05) is 19.6 Å². The summed E-state index contributed by atoms with van der Waals surface area (Å²) in [6.45, 7) is 1.68. The number of fused-ring (bicyclic) bond motifs is 1. The van der Waals surface area contributed by atoms with E-state index >= 15 is 0 Å². The zero-order valence-corrected chi connectivity index (χ0v) is 10.6. The normalized spacial score (nSPS) is 16.2. The van der Waals surface area contributed by atoms with Crippen molar-refractivity contribution in [3.8, 4) is 0 Å². The monoisotopic (exact) mass is 266 g/mol.